The largest absolute Gasteiger partial charge is 0.316 e. The Morgan fingerprint density at radius 2 is 2.24 bits per heavy atom. The van der Waals surface area contributed by atoms with Gasteiger partial charge in [-0.15, -0.1) is 0 Å². The van der Waals surface area contributed by atoms with E-state index in [0.29, 0.717) is 5.41 Å². The molecule has 0 aliphatic carbocycles. The van der Waals surface area contributed by atoms with Gasteiger partial charge in [0.1, 0.15) is 0 Å². The minimum absolute atomic E-state index is 0.579. The van der Waals surface area contributed by atoms with Gasteiger partial charge in [-0.2, -0.15) is 0 Å². The molecule has 2 fully saturated rings. The fourth-order valence-electron chi connectivity index (χ4n) is 3.60. The summed E-state index contributed by atoms with van der Waals surface area (Å²) in [4.78, 5) is 5.09. The van der Waals surface area contributed by atoms with Crippen molar-refractivity contribution < 1.29 is 0 Å². The zero-order valence-corrected chi connectivity index (χ0v) is 11.8. The van der Waals surface area contributed by atoms with Crippen LogP contribution < -0.4 is 5.32 Å². The Kier molecular flexibility index (Phi) is 4.45. The number of nitrogens with zero attached hydrogens (tertiary/aromatic N) is 2. The number of hydrogen-bond acceptors (Lipinski definition) is 3. The first kappa shape index (κ1) is 13.3. The molecule has 1 N–H and O–H groups in total. The lowest BCUT2D eigenvalue weighted by molar-refractivity contribution is 0.167. The van der Waals surface area contributed by atoms with Crippen LogP contribution in [-0.2, 0) is 0 Å². The maximum absolute atomic E-state index is 3.57. The molecule has 3 nitrogen and oxygen atoms in total. The normalized spacial score (nSPS) is 34.9. The monoisotopic (exact) mass is 239 g/mol. The summed E-state index contributed by atoms with van der Waals surface area (Å²) >= 11 is 0. The summed E-state index contributed by atoms with van der Waals surface area (Å²) in [7, 11) is 4.43. The smallest absolute Gasteiger partial charge is 0.0229 e. The molecule has 0 aromatic rings. The summed E-state index contributed by atoms with van der Waals surface area (Å²) < 4.78 is 0. The van der Waals surface area contributed by atoms with E-state index >= 15 is 0 Å². The van der Waals surface area contributed by atoms with Crippen LogP contribution in [0.2, 0.25) is 0 Å². The molecule has 0 saturated carbocycles. The van der Waals surface area contributed by atoms with E-state index in [1.165, 1.54) is 58.4 Å². The lowest BCUT2D eigenvalue weighted by Gasteiger charge is -2.33. The summed E-state index contributed by atoms with van der Waals surface area (Å²) in [5.74, 6) is 0. The SMILES string of the molecule is CCCC1(CN2CCC(N(C)C)C2)CCNC1. The van der Waals surface area contributed by atoms with E-state index in [1.54, 1.807) is 0 Å². The Morgan fingerprint density at radius 3 is 2.76 bits per heavy atom. The van der Waals surface area contributed by atoms with Crippen molar-refractivity contribution >= 4 is 0 Å². The standard InChI is InChI=1S/C14H29N3/c1-4-6-14(7-8-15-11-14)12-17-9-5-13(10-17)16(2)3/h13,15H,4-12H2,1-3H3. The number of rotatable bonds is 5. The molecule has 3 heteroatoms. The molecular formula is C14H29N3. The molecule has 2 atom stereocenters. The molecule has 0 spiro atoms. The van der Waals surface area contributed by atoms with Crippen LogP contribution in [0.4, 0.5) is 0 Å². The van der Waals surface area contributed by atoms with Crippen LogP contribution in [0.25, 0.3) is 0 Å². The third-order valence-electron chi connectivity index (χ3n) is 4.65. The van der Waals surface area contributed by atoms with Gasteiger partial charge in [0.25, 0.3) is 0 Å². The Hall–Kier alpha value is -0.120. The van der Waals surface area contributed by atoms with E-state index in [-0.39, 0.29) is 0 Å². The van der Waals surface area contributed by atoms with E-state index in [4.69, 9.17) is 0 Å². The molecule has 0 aromatic heterocycles. The third kappa shape index (κ3) is 3.21. The summed E-state index contributed by atoms with van der Waals surface area (Å²) in [6, 6.07) is 0.781. The second-order valence-corrected chi connectivity index (χ2v) is 6.32. The quantitative estimate of drug-likeness (QED) is 0.782. The van der Waals surface area contributed by atoms with Crippen LogP contribution in [0.15, 0.2) is 0 Å². The van der Waals surface area contributed by atoms with Crippen LogP contribution in [0.5, 0.6) is 0 Å². The number of nitrogens with one attached hydrogen (secondary N) is 1. The van der Waals surface area contributed by atoms with Crippen molar-refractivity contribution in [3.8, 4) is 0 Å². The highest BCUT2D eigenvalue weighted by molar-refractivity contribution is 4.92. The highest BCUT2D eigenvalue weighted by atomic mass is 15.2. The van der Waals surface area contributed by atoms with Gasteiger partial charge in [0.05, 0.1) is 0 Å². The molecule has 2 unspecified atom stereocenters. The topological polar surface area (TPSA) is 18.5 Å². The molecule has 0 radical (unpaired) electrons. The van der Waals surface area contributed by atoms with E-state index in [2.05, 4.69) is 36.1 Å². The van der Waals surface area contributed by atoms with E-state index < -0.39 is 0 Å². The average Bonchev–Trinajstić information content (AvgIpc) is 2.89. The van der Waals surface area contributed by atoms with Gasteiger partial charge >= 0.3 is 0 Å². The minimum atomic E-state index is 0.579. The van der Waals surface area contributed by atoms with Gasteiger partial charge in [0.15, 0.2) is 0 Å². The molecule has 17 heavy (non-hydrogen) atoms. The molecule has 100 valence electrons. The second kappa shape index (κ2) is 5.68. The Labute approximate surface area is 107 Å². The van der Waals surface area contributed by atoms with Crippen molar-refractivity contribution in [2.75, 3.05) is 46.8 Å². The maximum Gasteiger partial charge on any atom is 0.0229 e. The van der Waals surface area contributed by atoms with Crippen LogP contribution in [0.3, 0.4) is 0 Å². The second-order valence-electron chi connectivity index (χ2n) is 6.32. The fourth-order valence-corrected chi connectivity index (χ4v) is 3.60. The molecule has 2 rings (SSSR count). The van der Waals surface area contributed by atoms with Crippen molar-refractivity contribution in [3.05, 3.63) is 0 Å². The van der Waals surface area contributed by atoms with Gasteiger partial charge in [0.2, 0.25) is 0 Å². The van der Waals surface area contributed by atoms with Crippen LogP contribution >= 0.6 is 0 Å². The lowest BCUT2D eigenvalue weighted by atomic mass is 9.82. The van der Waals surface area contributed by atoms with Gasteiger partial charge in [0, 0.05) is 25.7 Å². The molecular weight excluding hydrogens is 210 g/mol. The molecule has 2 heterocycles. The highest BCUT2D eigenvalue weighted by Crippen LogP contribution is 2.33. The number of hydrogen-bond donors (Lipinski definition) is 1. The Morgan fingerprint density at radius 1 is 1.41 bits per heavy atom. The van der Waals surface area contributed by atoms with Gasteiger partial charge < -0.3 is 15.1 Å². The Balaban J connectivity index is 1.87. The van der Waals surface area contributed by atoms with Gasteiger partial charge in [-0.3, -0.25) is 0 Å². The van der Waals surface area contributed by atoms with Gasteiger partial charge in [-0.25, -0.2) is 0 Å². The number of likely N-dealkylation sites (N-methyl/N-ethyl adjacent to an activating group) is 1. The molecule has 2 aliphatic rings. The predicted octanol–water partition coefficient (Wildman–Crippen LogP) is 1.40. The first-order valence-electron chi connectivity index (χ1n) is 7.25. The van der Waals surface area contributed by atoms with Crippen molar-refractivity contribution in [2.45, 2.75) is 38.6 Å². The highest BCUT2D eigenvalue weighted by Gasteiger charge is 2.36. The van der Waals surface area contributed by atoms with E-state index in [0.717, 1.165) is 6.04 Å². The maximum atomic E-state index is 3.57. The molecule has 0 amide bonds. The third-order valence-corrected chi connectivity index (χ3v) is 4.65. The fraction of sp³-hybridized carbons (Fsp3) is 1.00. The van der Waals surface area contributed by atoms with Crippen molar-refractivity contribution in [1.82, 2.24) is 15.1 Å². The molecule has 2 aliphatic heterocycles. The van der Waals surface area contributed by atoms with E-state index in [1.807, 2.05) is 0 Å². The molecule has 2 saturated heterocycles. The van der Waals surface area contributed by atoms with E-state index in [9.17, 15) is 0 Å². The first-order chi connectivity index (χ1) is 8.15. The predicted molar refractivity (Wildman–Crippen MR) is 73.4 cm³/mol. The van der Waals surface area contributed by atoms with Gasteiger partial charge in [-0.1, -0.05) is 13.3 Å². The minimum Gasteiger partial charge on any atom is -0.316 e. The van der Waals surface area contributed by atoms with Crippen LogP contribution in [0.1, 0.15) is 32.6 Å². The summed E-state index contributed by atoms with van der Waals surface area (Å²) in [6.45, 7) is 8.69. The van der Waals surface area contributed by atoms with Crippen LogP contribution in [-0.4, -0.2) is 62.7 Å². The van der Waals surface area contributed by atoms with Crippen molar-refractivity contribution in [2.24, 2.45) is 5.41 Å². The zero-order valence-electron chi connectivity index (χ0n) is 11.8. The molecule has 0 bridgehead atoms. The Bertz CT molecular complexity index is 234. The average molecular weight is 239 g/mol. The van der Waals surface area contributed by atoms with Crippen LogP contribution in [0, 0.1) is 5.41 Å². The summed E-state index contributed by atoms with van der Waals surface area (Å²) in [6.07, 6.45) is 5.45. The van der Waals surface area contributed by atoms with Gasteiger partial charge in [-0.05, 0) is 51.9 Å². The van der Waals surface area contributed by atoms with Crippen molar-refractivity contribution in [1.29, 1.82) is 0 Å². The lowest BCUT2D eigenvalue weighted by Crippen LogP contribution is -2.40. The summed E-state index contributed by atoms with van der Waals surface area (Å²) in [5.41, 5.74) is 0.579. The zero-order chi connectivity index (χ0) is 12.3. The first-order valence-corrected chi connectivity index (χ1v) is 7.25. The summed E-state index contributed by atoms with van der Waals surface area (Å²) in [5, 5.41) is 3.57. The number of likely N-dealkylation sites (tertiary alicyclic amines) is 1. The van der Waals surface area contributed by atoms with Crippen molar-refractivity contribution in [3.63, 3.8) is 0 Å². The molecule has 0 aromatic carbocycles.